The minimum atomic E-state index is -0.900. The van der Waals surface area contributed by atoms with Crippen molar-refractivity contribution in [2.75, 3.05) is 6.54 Å². The summed E-state index contributed by atoms with van der Waals surface area (Å²) in [5, 5.41) is 0.642. The Bertz CT molecular complexity index is 399. The average molecular weight is 263 g/mol. The second-order valence-electron chi connectivity index (χ2n) is 3.52. The van der Waals surface area contributed by atoms with E-state index in [1.807, 2.05) is 24.3 Å². The molecule has 0 spiro atoms. The van der Waals surface area contributed by atoms with Gasteiger partial charge in [0.05, 0.1) is 5.71 Å². The molecule has 1 heterocycles. The Hall–Kier alpha value is -0.240. The Kier molecular flexibility index (Phi) is 3.24. The van der Waals surface area contributed by atoms with Crippen LogP contribution in [-0.2, 0) is 0 Å². The van der Waals surface area contributed by atoms with Crippen LogP contribution in [-0.4, -0.2) is 16.6 Å². The number of rotatable bonds is 1. The summed E-state index contributed by atoms with van der Waals surface area (Å²) in [7, 11) is 0. The molecule has 0 aromatic heterocycles. The van der Waals surface area contributed by atoms with Gasteiger partial charge in [0.25, 0.3) is 0 Å². The Morgan fingerprint density at radius 1 is 1.20 bits per heavy atom. The van der Waals surface area contributed by atoms with Gasteiger partial charge in [-0.2, -0.15) is 0 Å². The molecule has 1 aromatic carbocycles. The summed E-state index contributed by atoms with van der Waals surface area (Å²) in [6, 6.07) is 7.49. The van der Waals surface area contributed by atoms with Crippen molar-refractivity contribution < 1.29 is 0 Å². The summed E-state index contributed by atoms with van der Waals surface area (Å²) in [5.41, 5.74) is 1.53. The maximum Gasteiger partial charge on any atom is 0.160 e. The molecule has 0 fully saturated rings. The highest BCUT2D eigenvalue weighted by atomic mass is 35.5. The summed E-state index contributed by atoms with van der Waals surface area (Å²) in [6.45, 7) is 0.766. The van der Waals surface area contributed by atoms with E-state index >= 15 is 0 Å². The van der Waals surface area contributed by atoms with Crippen molar-refractivity contribution >= 4 is 40.5 Å². The summed E-state index contributed by atoms with van der Waals surface area (Å²) in [4.78, 5) is 4.38. The molecule has 1 nitrogen and oxygen atoms in total. The summed E-state index contributed by atoms with van der Waals surface area (Å²) in [6.07, 6.45) is 1.64. The SMILES string of the molecule is Clc1ccccc1C1=NCCCC1(Cl)Cl. The molecule has 2 rings (SSSR count). The number of benzene rings is 1. The maximum absolute atomic E-state index is 6.22. The van der Waals surface area contributed by atoms with Crippen LogP contribution in [0.4, 0.5) is 0 Å². The lowest BCUT2D eigenvalue weighted by Gasteiger charge is -2.26. The summed E-state index contributed by atoms with van der Waals surface area (Å²) >= 11 is 18.5. The number of alkyl halides is 2. The van der Waals surface area contributed by atoms with E-state index in [0.29, 0.717) is 10.7 Å². The number of aliphatic imine (C=N–C) groups is 1. The molecular formula is C11H10Cl3N. The van der Waals surface area contributed by atoms with Crippen molar-refractivity contribution in [2.45, 2.75) is 17.2 Å². The molecule has 0 bridgehead atoms. The van der Waals surface area contributed by atoms with Crippen molar-refractivity contribution in [3.63, 3.8) is 0 Å². The highest BCUT2D eigenvalue weighted by Gasteiger charge is 2.34. The fourth-order valence-electron chi connectivity index (χ4n) is 1.66. The van der Waals surface area contributed by atoms with Crippen LogP contribution in [0.15, 0.2) is 29.3 Å². The number of halogens is 3. The molecule has 80 valence electrons. The monoisotopic (exact) mass is 261 g/mol. The molecule has 4 heteroatoms. The van der Waals surface area contributed by atoms with Crippen LogP contribution in [0.25, 0.3) is 0 Å². The molecule has 0 saturated heterocycles. The van der Waals surface area contributed by atoms with Gasteiger partial charge in [0, 0.05) is 17.1 Å². The normalized spacial score (nSPS) is 19.8. The molecular weight excluding hydrogens is 252 g/mol. The zero-order valence-corrected chi connectivity index (χ0v) is 10.3. The zero-order chi connectivity index (χ0) is 10.9. The Labute approximate surface area is 104 Å². The Morgan fingerprint density at radius 2 is 1.93 bits per heavy atom. The molecule has 0 unspecified atom stereocenters. The molecule has 1 aliphatic rings. The molecule has 0 N–H and O–H groups in total. The van der Waals surface area contributed by atoms with E-state index in [9.17, 15) is 0 Å². The van der Waals surface area contributed by atoms with Crippen LogP contribution in [0, 0.1) is 0 Å². The quantitative estimate of drug-likeness (QED) is 0.676. The zero-order valence-electron chi connectivity index (χ0n) is 8.01. The van der Waals surface area contributed by atoms with Crippen LogP contribution >= 0.6 is 34.8 Å². The van der Waals surface area contributed by atoms with Crippen molar-refractivity contribution in [1.29, 1.82) is 0 Å². The number of hydrogen-bond donors (Lipinski definition) is 0. The third kappa shape index (κ3) is 2.30. The molecule has 0 atom stereocenters. The highest BCUT2D eigenvalue weighted by molar-refractivity contribution is 6.61. The van der Waals surface area contributed by atoms with Gasteiger partial charge in [0.15, 0.2) is 4.33 Å². The lowest BCUT2D eigenvalue weighted by atomic mass is 10.0. The van der Waals surface area contributed by atoms with Gasteiger partial charge < -0.3 is 0 Å². The molecule has 1 aliphatic heterocycles. The third-order valence-electron chi connectivity index (χ3n) is 2.39. The van der Waals surface area contributed by atoms with E-state index in [1.165, 1.54) is 0 Å². The second kappa shape index (κ2) is 4.32. The first-order valence-electron chi connectivity index (χ1n) is 4.79. The van der Waals surface area contributed by atoms with E-state index in [-0.39, 0.29) is 0 Å². The van der Waals surface area contributed by atoms with E-state index < -0.39 is 4.33 Å². The van der Waals surface area contributed by atoms with Gasteiger partial charge in [-0.3, -0.25) is 4.99 Å². The van der Waals surface area contributed by atoms with Gasteiger partial charge in [-0.25, -0.2) is 0 Å². The largest absolute Gasteiger partial charge is 0.286 e. The Morgan fingerprint density at radius 3 is 2.60 bits per heavy atom. The highest BCUT2D eigenvalue weighted by Crippen LogP contribution is 2.36. The summed E-state index contributed by atoms with van der Waals surface area (Å²) < 4.78 is -0.900. The first-order valence-corrected chi connectivity index (χ1v) is 5.92. The minimum absolute atomic E-state index is 0.642. The van der Waals surface area contributed by atoms with Gasteiger partial charge >= 0.3 is 0 Å². The van der Waals surface area contributed by atoms with Gasteiger partial charge in [-0.1, -0.05) is 53.0 Å². The number of nitrogens with zero attached hydrogens (tertiary/aromatic N) is 1. The van der Waals surface area contributed by atoms with Crippen LogP contribution < -0.4 is 0 Å². The van der Waals surface area contributed by atoms with Crippen LogP contribution in [0.3, 0.4) is 0 Å². The predicted molar refractivity (Wildman–Crippen MR) is 66.5 cm³/mol. The first kappa shape index (κ1) is 11.3. The van der Waals surface area contributed by atoms with E-state index in [1.54, 1.807) is 0 Å². The van der Waals surface area contributed by atoms with E-state index in [2.05, 4.69) is 4.99 Å². The Balaban J connectivity index is 2.46. The van der Waals surface area contributed by atoms with Crippen LogP contribution in [0.2, 0.25) is 5.02 Å². The van der Waals surface area contributed by atoms with Gasteiger partial charge in [0.2, 0.25) is 0 Å². The van der Waals surface area contributed by atoms with E-state index in [0.717, 1.165) is 24.9 Å². The van der Waals surface area contributed by atoms with Crippen LogP contribution in [0.1, 0.15) is 18.4 Å². The predicted octanol–water partition coefficient (Wildman–Crippen LogP) is 4.10. The fraction of sp³-hybridized carbons (Fsp3) is 0.364. The van der Waals surface area contributed by atoms with Crippen molar-refractivity contribution in [1.82, 2.24) is 0 Å². The summed E-state index contributed by atoms with van der Waals surface area (Å²) in [5.74, 6) is 0. The lowest BCUT2D eigenvalue weighted by molar-refractivity contribution is 0.713. The van der Waals surface area contributed by atoms with Gasteiger partial charge in [-0.05, 0) is 18.9 Å². The van der Waals surface area contributed by atoms with Gasteiger partial charge in [0.1, 0.15) is 0 Å². The van der Waals surface area contributed by atoms with Gasteiger partial charge in [-0.15, -0.1) is 0 Å². The van der Waals surface area contributed by atoms with Crippen molar-refractivity contribution in [3.05, 3.63) is 34.9 Å². The standard InChI is InChI=1S/C11H10Cl3N/c12-9-5-2-1-4-8(9)10-11(13,14)6-3-7-15-10/h1-2,4-5H,3,6-7H2. The topological polar surface area (TPSA) is 12.4 Å². The molecule has 15 heavy (non-hydrogen) atoms. The lowest BCUT2D eigenvalue weighted by Crippen LogP contribution is -2.31. The number of hydrogen-bond acceptors (Lipinski definition) is 1. The van der Waals surface area contributed by atoms with Crippen molar-refractivity contribution in [2.24, 2.45) is 4.99 Å². The smallest absolute Gasteiger partial charge is 0.160 e. The van der Waals surface area contributed by atoms with Crippen LogP contribution in [0.5, 0.6) is 0 Å². The molecule has 0 radical (unpaired) electrons. The molecule has 0 amide bonds. The second-order valence-corrected chi connectivity index (χ2v) is 5.41. The minimum Gasteiger partial charge on any atom is -0.286 e. The maximum atomic E-state index is 6.22. The molecule has 1 aromatic rings. The average Bonchev–Trinajstić information content (AvgIpc) is 2.19. The van der Waals surface area contributed by atoms with Crippen molar-refractivity contribution in [3.8, 4) is 0 Å². The first-order chi connectivity index (χ1) is 7.11. The fourth-order valence-corrected chi connectivity index (χ4v) is 2.48. The molecule has 0 aliphatic carbocycles. The van der Waals surface area contributed by atoms with E-state index in [4.69, 9.17) is 34.8 Å². The third-order valence-corrected chi connectivity index (χ3v) is 3.46. The molecule has 0 saturated carbocycles.